The molecular weight excluding hydrogens is 204 g/mol. The minimum Gasteiger partial charge on any atom is -0.477 e. The third-order valence-electron chi connectivity index (χ3n) is 3.02. The zero-order valence-electron chi connectivity index (χ0n) is 9.31. The second-order valence-electron chi connectivity index (χ2n) is 4.21. The van der Waals surface area contributed by atoms with Crippen molar-refractivity contribution in [2.75, 3.05) is 0 Å². The van der Waals surface area contributed by atoms with Gasteiger partial charge in [0.2, 0.25) is 0 Å². The molecule has 1 aromatic rings. The van der Waals surface area contributed by atoms with Crippen LogP contribution in [0.1, 0.15) is 35.9 Å². The fourth-order valence-electron chi connectivity index (χ4n) is 1.88. The summed E-state index contributed by atoms with van der Waals surface area (Å²) in [4.78, 5) is 14.8. The van der Waals surface area contributed by atoms with Crippen LogP contribution in [0.15, 0.2) is 18.2 Å². The van der Waals surface area contributed by atoms with E-state index < -0.39 is 5.97 Å². The molecule has 1 aromatic heterocycles. The summed E-state index contributed by atoms with van der Waals surface area (Å²) in [5, 5.41) is 12.2. The van der Waals surface area contributed by atoms with E-state index in [2.05, 4.69) is 17.2 Å². The van der Waals surface area contributed by atoms with Crippen molar-refractivity contribution in [3.05, 3.63) is 29.6 Å². The van der Waals surface area contributed by atoms with Gasteiger partial charge >= 0.3 is 5.97 Å². The van der Waals surface area contributed by atoms with Crippen LogP contribution in [0.25, 0.3) is 0 Å². The van der Waals surface area contributed by atoms with Gasteiger partial charge < -0.3 is 10.4 Å². The fraction of sp³-hybridized carbons (Fsp3) is 0.500. The number of aromatic nitrogens is 1. The lowest BCUT2D eigenvalue weighted by atomic mass is 10.3. The van der Waals surface area contributed by atoms with E-state index in [9.17, 15) is 4.79 Å². The molecule has 0 bridgehead atoms. The average molecular weight is 220 g/mol. The maximum atomic E-state index is 10.7. The van der Waals surface area contributed by atoms with E-state index in [1.165, 1.54) is 18.9 Å². The molecule has 2 rings (SSSR count). The Morgan fingerprint density at radius 3 is 3.06 bits per heavy atom. The van der Waals surface area contributed by atoms with Crippen molar-refractivity contribution in [3.63, 3.8) is 0 Å². The zero-order chi connectivity index (χ0) is 11.5. The smallest absolute Gasteiger partial charge is 0.354 e. The van der Waals surface area contributed by atoms with Gasteiger partial charge in [-0.25, -0.2) is 9.78 Å². The van der Waals surface area contributed by atoms with E-state index >= 15 is 0 Å². The van der Waals surface area contributed by atoms with Gasteiger partial charge in [-0.05, 0) is 24.5 Å². The summed E-state index contributed by atoms with van der Waals surface area (Å²) in [6, 6.07) is 5.69. The van der Waals surface area contributed by atoms with Gasteiger partial charge in [0.05, 0.1) is 5.69 Å². The molecule has 1 aliphatic carbocycles. The minimum absolute atomic E-state index is 0.113. The predicted octanol–water partition coefficient (Wildman–Crippen LogP) is 1.67. The minimum atomic E-state index is -0.972. The normalized spacial score (nSPS) is 23.1. The van der Waals surface area contributed by atoms with Gasteiger partial charge in [0.1, 0.15) is 5.69 Å². The number of carbonyl (C=O) groups is 1. The summed E-state index contributed by atoms with van der Waals surface area (Å²) in [6.45, 7) is 2.85. The highest BCUT2D eigenvalue weighted by molar-refractivity contribution is 5.85. The highest BCUT2D eigenvalue weighted by Crippen LogP contribution is 2.33. The summed E-state index contributed by atoms with van der Waals surface area (Å²) in [5.74, 6) is -0.178. The lowest BCUT2D eigenvalue weighted by Gasteiger charge is -2.03. The Kier molecular flexibility index (Phi) is 3.19. The van der Waals surface area contributed by atoms with Crippen molar-refractivity contribution in [2.24, 2.45) is 5.92 Å². The Morgan fingerprint density at radius 1 is 1.62 bits per heavy atom. The first kappa shape index (κ1) is 11.1. The maximum Gasteiger partial charge on any atom is 0.354 e. The molecule has 0 saturated heterocycles. The molecule has 86 valence electrons. The first-order valence-electron chi connectivity index (χ1n) is 5.63. The molecule has 0 amide bonds. The van der Waals surface area contributed by atoms with E-state index in [-0.39, 0.29) is 5.69 Å². The van der Waals surface area contributed by atoms with Crippen LogP contribution < -0.4 is 5.32 Å². The molecule has 1 heterocycles. The van der Waals surface area contributed by atoms with Gasteiger partial charge in [-0.3, -0.25) is 0 Å². The van der Waals surface area contributed by atoms with E-state index in [0.717, 1.165) is 11.6 Å². The third-order valence-corrected chi connectivity index (χ3v) is 3.02. The number of aromatic carboxylic acids is 1. The first-order chi connectivity index (χ1) is 7.70. The lowest BCUT2D eigenvalue weighted by Crippen LogP contribution is -2.18. The largest absolute Gasteiger partial charge is 0.477 e. The molecule has 0 aliphatic heterocycles. The SMILES string of the molecule is CCC1CC1NCc1cccc(C(=O)O)n1. The van der Waals surface area contributed by atoms with Gasteiger partial charge in [0.25, 0.3) is 0 Å². The third kappa shape index (κ3) is 2.58. The number of pyridine rings is 1. The summed E-state index contributed by atoms with van der Waals surface area (Å²) in [6.07, 6.45) is 2.44. The summed E-state index contributed by atoms with van der Waals surface area (Å²) >= 11 is 0. The summed E-state index contributed by atoms with van der Waals surface area (Å²) < 4.78 is 0. The number of carboxylic acid groups (broad SMARTS) is 1. The van der Waals surface area contributed by atoms with Crippen molar-refractivity contribution in [3.8, 4) is 0 Å². The number of hydrogen-bond acceptors (Lipinski definition) is 3. The highest BCUT2D eigenvalue weighted by atomic mass is 16.4. The zero-order valence-corrected chi connectivity index (χ0v) is 9.31. The van der Waals surface area contributed by atoms with Crippen molar-refractivity contribution in [2.45, 2.75) is 32.4 Å². The average Bonchev–Trinajstić information content (AvgIpc) is 3.05. The Bertz CT molecular complexity index is 392. The van der Waals surface area contributed by atoms with Crippen LogP contribution >= 0.6 is 0 Å². The van der Waals surface area contributed by atoms with Crippen molar-refractivity contribution >= 4 is 5.97 Å². The fourth-order valence-corrected chi connectivity index (χ4v) is 1.88. The van der Waals surface area contributed by atoms with Crippen LogP contribution in [0.2, 0.25) is 0 Å². The summed E-state index contributed by atoms with van der Waals surface area (Å²) in [5.41, 5.74) is 0.906. The van der Waals surface area contributed by atoms with Gasteiger partial charge in [0, 0.05) is 12.6 Å². The number of rotatable bonds is 5. The summed E-state index contributed by atoms with van der Waals surface area (Å²) in [7, 11) is 0. The number of nitrogens with zero attached hydrogens (tertiary/aromatic N) is 1. The molecule has 0 spiro atoms. The van der Waals surface area contributed by atoms with Gasteiger partial charge in [0.15, 0.2) is 0 Å². The Labute approximate surface area is 94.7 Å². The van der Waals surface area contributed by atoms with Crippen molar-refractivity contribution in [1.29, 1.82) is 0 Å². The molecule has 2 unspecified atom stereocenters. The van der Waals surface area contributed by atoms with E-state index in [1.54, 1.807) is 6.07 Å². The van der Waals surface area contributed by atoms with E-state index in [4.69, 9.17) is 5.11 Å². The quantitative estimate of drug-likeness (QED) is 0.792. The molecule has 4 nitrogen and oxygen atoms in total. The highest BCUT2D eigenvalue weighted by Gasteiger charge is 2.34. The van der Waals surface area contributed by atoms with Crippen molar-refractivity contribution in [1.82, 2.24) is 10.3 Å². The molecule has 0 radical (unpaired) electrons. The second-order valence-corrected chi connectivity index (χ2v) is 4.21. The van der Waals surface area contributed by atoms with Gasteiger partial charge in [-0.1, -0.05) is 19.4 Å². The van der Waals surface area contributed by atoms with Crippen LogP contribution in [-0.2, 0) is 6.54 Å². The van der Waals surface area contributed by atoms with Crippen LogP contribution in [0, 0.1) is 5.92 Å². The molecule has 1 aliphatic rings. The molecule has 1 fully saturated rings. The monoisotopic (exact) mass is 220 g/mol. The van der Waals surface area contributed by atoms with Crippen molar-refractivity contribution < 1.29 is 9.90 Å². The first-order valence-corrected chi connectivity index (χ1v) is 5.63. The van der Waals surface area contributed by atoms with Crippen LogP contribution in [0.4, 0.5) is 0 Å². The molecule has 1 saturated carbocycles. The standard InChI is InChI=1S/C12H16N2O2/c1-2-8-6-11(8)13-7-9-4-3-5-10(14-9)12(15)16/h3-5,8,11,13H,2,6-7H2,1H3,(H,15,16). The Morgan fingerprint density at radius 2 is 2.44 bits per heavy atom. The molecule has 2 N–H and O–H groups in total. The van der Waals surface area contributed by atoms with Crippen LogP contribution in [0.3, 0.4) is 0 Å². The molecule has 0 aromatic carbocycles. The number of nitrogens with one attached hydrogen (secondary N) is 1. The molecular formula is C12H16N2O2. The van der Waals surface area contributed by atoms with Crippen LogP contribution in [0.5, 0.6) is 0 Å². The number of carboxylic acids is 1. The van der Waals surface area contributed by atoms with Crippen LogP contribution in [-0.4, -0.2) is 22.1 Å². The molecule has 4 heteroatoms. The predicted molar refractivity (Wildman–Crippen MR) is 60.2 cm³/mol. The Hall–Kier alpha value is -1.42. The second kappa shape index (κ2) is 4.61. The lowest BCUT2D eigenvalue weighted by molar-refractivity contribution is 0.0690. The maximum absolute atomic E-state index is 10.7. The Balaban J connectivity index is 1.89. The molecule has 16 heavy (non-hydrogen) atoms. The van der Waals surface area contributed by atoms with E-state index in [1.807, 2.05) is 6.07 Å². The topological polar surface area (TPSA) is 62.2 Å². The van der Waals surface area contributed by atoms with Gasteiger partial charge in [-0.15, -0.1) is 0 Å². The van der Waals surface area contributed by atoms with Gasteiger partial charge in [-0.2, -0.15) is 0 Å². The molecule has 2 atom stereocenters. The van der Waals surface area contributed by atoms with E-state index in [0.29, 0.717) is 12.6 Å². The number of hydrogen-bond donors (Lipinski definition) is 2.